The number of alkyl halides is 9. The molecule has 1 N–H and O–H groups in total. The van der Waals surface area contributed by atoms with Crippen molar-refractivity contribution in [3.63, 3.8) is 0 Å². The van der Waals surface area contributed by atoms with E-state index in [4.69, 9.17) is 0 Å². The average molecular weight is 370 g/mol. The lowest BCUT2D eigenvalue weighted by molar-refractivity contribution is -0.303. The normalized spacial score (nSPS) is 27.0. The van der Waals surface area contributed by atoms with E-state index < -0.39 is 53.3 Å². The summed E-state index contributed by atoms with van der Waals surface area (Å²) in [5, 5.41) is 9.52. The van der Waals surface area contributed by atoms with E-state index in [0.717, 1.165) is 0 Å². The fourth-order valence-electron chi connectivity index (χ4n) is 2.41. The van der Waals surface area contributed by atoms with Crippen LogP contribution in [0.5, 0.6) is 0 Å². The van der Waals surface area contributed by atoms with Crippen LogP contribution >= 0.6 is 0 Å². The van der Waals surface area contributed by atoms with Crippen molar-refractivity contribution in [2.24, 2.45) is 0 Å². The van der Waals surface area contributed by atoms with Crippen LogP contribution in [0.3, 0.4) is 0 Å². The Bertz CT molecular complexity index is 598. The zero-order valence-electron chi connectivity index (χ0n) is 11.3. The van der Waals surface area contributed by atoms with Gasteiger partial charge in [-0.05, 0) is 17.7 Å². The molecule has 1 unspecified atom stereocenters. The second kappa shape index (κ2) is 4.99. The monoisotopic (exact) mass is 370 g/mol. The SMILES string of the molecule is OC(CC1(F)C(F)(F)C(F)(F)C(F)(F)C1(F)F)c1ccc(F)cc1. The van der Waals surface area contributed by atoms with Crippen molar-refractivity contribution < 1.29 is 49.0 Å². The molecule has 136 valence electrons. The van der Waals surface area contributed by atoms with Gasteiger partial charge in [-0.2, -0.15) is 35.1 Å². The topological polar surface area (TPSA) is 20.2 Å². The highest BCUT2D eigenvalue weighted by Crippen LogP contribution is 2.70. The van der Waals surface area contributed by atoms with Gasteiger partial charge in [0.25, 0.3) is 5.67 Å². The second-order valence-corrected chi connectivity index (χ2v) is 5.37. The zero-order chi connectivity index (χ0) is 18.8. The molecule has 0 saturated heterocycles. The van der Waals surface area contributed by atoms with Crippen molar-refractivity contribution in [1.82, 2.24) is 0 Å². The number of halogens is 10. The molecule has 2 rings (SSSR count). The summed E-state index contributed by atoms with van der Waals surface area (Å²) in [5.74, 6) is -27.2. The fourth-order valence-corrected chi connectivity index (χ4v) is 2.41. The maximum absolute atomic E-state index is 14.2. The summed E-state index contributed by atoms with van der Waals surface area (Å²) in [6.45, 7) is 0. The Balaban J connectivity index is 2.48. The molecule has 0 aromatic heterocycles. The van der Waals surface area contributed by atoms with Crippen molar-refractivity contribution in [3.05, 3.63) is 35.6 Å². The number of rotatable bonds is 3. The standard InChI is InChI=1S/C13H8F10O/c14-7-3-1-6(2-4-7)8(24)5-9(15)10(16,17)12(20,21)13(22,23)11(9,18)19/h1-4,8,24H,5H2. The minimum absolute atomic E-state index is 0.599. The van der Waals surface area contributed by atoms with Crippen molar-refractivity contribution in [2.75, 3.05) is 0 Å². The number of aliphatic hydroxyl groups excluding tert-OH is 1. The highest BCUT2D eigenvalue weighted by Gasteiger charge is 3.00. The second-order valence-electron chi connectivity index (χ2n) is 5.37. The first kappa shape index (κ1) is 18.8. The van der Waals surface area contributed by atoms with Gasteiger partial charge >= 0.3 is 23.7 Å². The predicted octanol–water partition coefficient (Wildman–Crippen LogP) is 4.51. The third-order valence-corrected chi connectivity index (χ3v) is 3.91. The summed E-state index contributed by atoms with van der Waals surface area (Å²) in [5.41, 5.74) is -6.33. The van der Waals surface area contributed by atoms with Crippen molar-refractivity contribution in [3.8, 4) is 0 Å². The summed E-state index contributed by atoms with van der Waals surface area (Å²) >= 11 is 0. The first-order chi connectivity index (χ1) is 10.6. The summed E-state index contributed by atoms with van der Waals surface area (Å²) in [4.78, 5) is 0. The van der Waals surface area contributed by atoms with E-state index in [2.05, 4.69) is 0 Å². The van der Waals surface area contributed by atoms with Gasteiger partial charge in [0.2, 0.25) is 0 Å². The molecule has 1 saturated carbocycles. The number of hydrogen-bond donors (Lipinski definition) is 1. The molecule has 24 heavy (non-hydrogen) atoms. The van der Waals surface area contributed by atoms with Gasteiger partial charge < -0.3 is 5.11 Å². The molecular formula is C13H8F10O. The van der Waals surface area contributed by atoms with E-state index in [0.29, 0.717) is 24.3 Å². The fraction of sp³-hybridized carbons (Fsp3) is 0.538. The van der Waals surface area contributed by atoms with Crippen LogP contribution in [0.25, 0.3) is 0 Å². The van der Waals surface area contributed by atoms with E-state index in [-0.39, 0.29) is 0 Å². The van der Waals surface area contributed by atoms with Crippen molar-refractivity contribution >= 4 is 0 Å². The Kier molecular flexibility index (Phi) is 3.91. The molecule has 0 spiro atoms. The van der Waals surface area contributed by atoms with E-state index in [1.165, 1.54) is 0 Å². The van der Waals surface area contributed by atoms with E-state index in [1.807, 2.05) is 0 Å². The molecule has 1 aliphatic rings. The number of hydrogen-bond acceptors (Lipinski definition) is 1. The van der Waals surface area contributed by atoms with Gasteiger partial charge in [0.15, 0.2) is 0 Å². The summed E-state index contributed by atoms with van der Waals surface area (Å²) < 4.78 is 133. The van der Waals surface area contributed by atoms with Gasteiger partial charge in [0.1, 0.15) is 5.82 Å². The average Bonchev–Trinajstić information content (AvgIpc) is 2.50. The Labute approximate surface area is 127 Å². The van der Waals surface area contributed by atoms with Crippen LogP contribution in [0.4, 0.5) is 43.9 Å². The molecule has 1 aliphatic carbocycles. The highest BCUT2D eigenvalue weighted by molar-refractivity contribution is 5.29. The molecule has 1 fully saturated rings. The summed E-state index contributed by atoms with van der Waals surface area (Å²) in [7, 11) is 0. The largest absolute Gasteiger partial charge is 0.388 e. The predicted molar refractivity (Wildman–Crippen MR) is 59.6 cm³/mol. The summed E-state index contributed by atoms with van der Waals surface area (Å²) in [6.07, 6.45) is -5.04. The minimum atomic E-state index is -6.68. The van der Waals surface area contributed by atoms with Crippen LogP contribution in [-0.2, 0) is 0 Å². The number of benzene rings is 1. The Morgan fingerprint density at radius 1 is 0.708 bits per heavy atom. The van der Waals surface area contributed by atoms with Gasteiger partial charge in [-0.25, -0.2) is 8.78 Å². The Hall–Kier alpha value is -1.52. The molecule has 0 heterocycles. The Morgan fingerprint density at radius 3 is 1.46 bits per heavy atom. The summed E-state index contributed by atoms with van der Waals surface area (Å²) in [6, 6.07) is 2.62. The molecule has 11 heteroatoms. The van der Waals surface area contributed by atoms with Crippen LogP contribution in [0.15, 0.2) is 24.3 Å². The first-order valence-electron chi connectivity index (χ1n) is 6.27. The van der Waals surface area contributed by atoms with Gasteiger partial charge in [-0.1, -0.05) is 12.1 Å². The molecule has 0 bridgehead atoms. The molecule has 0 radical (unpaired) electrons. The van der Waals surface area contributed by atoms with Crippen molar-refractivity contribution in [1.29, 1.82) is 0 Å². The van der Waals surface area contributed by atoms with Gasteiger partial charge in [-0.3, -0.25) is 0 Å². The molecule has 1 atom stereocenters. The van der Waals surface area contributed by atoms with Gasteiger partial charge in [0, 0.05) is 6.42 Å². The lowest BCUT2D eigenvalue weighted by Crippen LogP contribution is -2.55. The molecule has 0 amide bonds. The highest BCUT2D eigenvalue weighted by atomic mass is 19.4. The quantitative estimate of drug-likeness (QED) is 0.777. The minimum Gasteiger partial charge on any atom is -0.388 e. The van der Waals surface area contributed by atoms with E-state index in [9.17, 15) is 49.0 Å². The molecule has 0 aliphatic heterocycles. The van der Waals surface area contributed by atoms with Crippen molar-refractivity contribution in [2.45, 2.75) is 41.9 Å². The third-order valence-electron chi connectivity index (χ3n) is 3.91. The Morgan fingerprint density at radius 2 is 1.08 bits per heavy atom. The van der Waals surface area contributed by atoms with Crippen LogP contribution < -0.4 is 0 Å². The van der Waals surface area contributed by atoms with E-state index >= 15 is 0 Å². The van der Waals surface area contributed by atoms with Crippen LogP contribution in [-0.4, -0.2) is 34.5 Å². The lowest BCUT2D eigenvalue weighted by Gasteiger charge is -2.32. The third kappa shape index (κ3) is 1.99. The van der Waals surface area contributed by atoms with Gasteiger partial charge in [-0.15, -0.1) is 0 Å². The zero-order valence-corrected chi connectivity index (χ0v) is 11.3. The molecule has 1 nitrogen and oxygen atoms in total. The van der Waals surface area contributed by atoms with Crippen LogP contribution in [0.1, 0.15) is 18.1 Å². The molecule has 1 aromatic carbocycles. The molecular weight excluding hydrogens is 362 g/mol. The maximum atomic E-state index is 14.2. The van der Waals surface area contributed by atoms with Crippen LogP contribution in [0.2, 0.25) is 0 Å². The first-order valence-corrected chi connectivity index (χ1v) is 6.27. The molecule has 1 aromatic rings. The maximum Gasteiger partial charge on any atom is 0.381 e. The smallest absolute Gasteiger partial charge is 0.381 e. The van der Waals surface area contributed by atoms with Crippen LogP contribution in [0, 0.1) is 5.82 Å². The van der Waals surface area contributed by atoms with Gasteiger partial charge in [0.05, 0.1) is 6.10 Å². The lowest BCUT2D eigenvalue weighted by atomic mass is 9.88. The number of aliphatic hydroxyl groups is 1. The van der Waals surface area contributed by atoms with E-state index in [1.54, 1.807) is 0 Å².